The molecule has 1 fully saturated rings. The van der Waals surface area contributed by atoms with Gasteiger partial charge in [-0.3, -0.25) is 4.79 Å². The number of anilines is 2. The van der Waals surface area contributed by atoms with Crippen molar-refractivity contribution in [3.8, 4) is 0 Å². The lowest BCUT2D eigenvalue weighted by Gasteiger charge is -2.08. The molecule has 0 aliphatic heterocycles. The van der Waals surface area contributed by atoms with Gasteiger partial charge in [0.05, 0.1) is 23.7 Å². The average Bonchev–Trinajstić information content (AvgIpc) is 3.16. The van der Waals surface area contributed by atoms with Crippen molar-refractivity contribution in [2.45, 2.75) is 25.7 Å². The Labute approximate surface area is 118 Å². The number of hydrogen-bond donors (Lipinski definition) is 2. The van der Waals surface area contributed by atoms with Crippen LogP contribution in [0.15, 0.2) is 18.2 Å². The second kappa shape index (κ2) is 6.78. The molecule has 1 amide bonds. The second-order valence-electron chi connectivity index (χ2n) is 4.88. The lowest BCUT2D eigenvalue weighted by molar-refractivity contribution is -0.117. The largest absolute Gasteiger partial charge is 0.399 e. The zero-order valence-corrected chi connectivity index (χ0v) is 11.6. The first-order valence-electron chi connectivity index (χ1n) is 6.58. The lowest BCUT2D eigenvalue weighted by Crippen LogP contribution is -2.14. The number of nitrogens with two attached hydrogens (primary N) is 1. The summed E-state index contributed by atoms with van der Waals surface area (Å²) >= 11 is 5.97. The van der Waals surface area contributed by atoms with Gasteiger partial charge in [-0.2, -0.15) is 0 Å². The lowest BCUT2D eigenvalue weighted by atomic mass is 10.2. The van der Waals surface area contributed by atoms with Crippen molar-refractivity contribution in [3.05, 3.63) is 23.2 Å². The average molecular weight is 283 g/mol. The van der Waals surface area contributed by atoms with Crippen LogP contribution in [0.25, 0.3) is 0 Å². The van der Waals surface area contributed by atoms with Crippen molar-refractivity contribution in [1.29, 1.82) is 0 Å². The van der Waals surface area contributed by atoms with E-state index in [1.165, 1.54) is 12.8 Å². The predicted octanol–water partition coefficient (Wildman–Crippen LogP) is 3.07. The summed E-state index contributed by atoms with van der Waals surface area (Å²) < 4.78 is 5.43. The Morgan fingerprint density at radius 2 is 2.21 bits per heavy atom. The number of rotatable bonds is 7. The van der Waals surface area contributed by atoms with Gasteiger partial charge in [0, 0.05) is 12.3 Å². The van der Waals surface area contributed by atoms with Crippen molar-refractivity contribution < 1.29 is 9.53 Å². The standard InChI is InChI=1S/C14H19ClN2O2/c15-12-9-11(16)3-4-13(12)17-14(18)6-8-19-7-5-10-1-2-10/h3-4,9-10H,1-2,5-8,16H2,(H,17,18). The highest BCUT2D eigenvalue weighted by Crippen LogP contribution is 2.32. The van der Waals surface area contributed by atoms with Crippen molar-refractivity contribution in [1.82, 2.24) is 0 Å². The highest BCUT2D eigenvalue weighted by atomic mass is 35.5. The van der Waals surface area contributed by atoms with Crippen LogP contribution in [0, 0.1) is 5.92 Å². The smallest absolute Gasteiger partial charge is 0.226 e. The number of nitrogens with one attached hydrogen (secondary N) is 1. The third-order valence-corrected chi connectivity index (χ3v) is 3.42. The monoisotopic (exact) mass is 282 g/mol. The molecule has 0 bridgehead atoms. The molecule has 1 saturated carbocycles. The molecule has 19 heavy (non-hydrogen) atoms. The van der Waals surface area contributed by atoms with Crippen LogP contribution in [0.2, 0.25) is 5.02 Å². The molecule has 0 heterocycles. The molecule has 1 aliphatic rings. The fourth-order valence-electron chi connectivity index (χ4n) is 1.77. The Balaban J connectivity index is 1.65. The maximum atomic E-state index is 11.7. The summed E-state index contributed by atoms with van der Waals surface area (Å²) in [7, 11) is 0. The summed E-state index contributed by atoms with van der Waals surface area (Å²) in [6.07, 6.45) is 4.12. The van der Waals surface area contributed by atoms with Gasteiger partial charge >= 0.3 is 0 Å². The molecular weight excluding hydrogens is 264 g/mol. The first kappa shape index (κ1) is 14.2. The van der Waals surface area contributed by atoms with E-state index in [1.54, 1.807) is 18.2 Å². The minimum Gasteiger partial charge on any atom is -0.399 e. The molecule has 0 atom stereocenters. The number of amides is 1. The van der Waals surface area contributed by atoms with Gasteiger partial charge in [0.25, 0.3) is 0 Å². The van der Waals surface area contributed by atoms with E-state index in [4.69, 9.17) is 22.1 Å². The Morgan fingerprint density at radius 1 is 1.42 bits per heavy atom. The minimum atomic E-state index is -0.0990. The van der Waals surface area contributed by atoms with E-state index in [2.05, 4.69) is 5.32 Å². The number of halogens is 1. The van der Waals surface area contributed by atoms with Crippen LogP contribution in [0.1, 0.15) is 25.7 Å². The first-order valence-corrected chi connectivity index (χ1v) is 6.95. The van der Waals surface area contributed by atoms with Crippen molar-refractivity contribution in [3.63, 3.8) is 0 Å². The van der Waals surface area contributed by atoms with Gasteiger partial charge in [-0.1, -0.05) is 24.4 Å². The molecule has 1 aliphatic carbocycles. The van der Waals surface area contributed by atoms with Crippen LogP contribution in [-0.4, -0.2) is 19.1 Å². The number of ether oxygens (including phenoxy) is 1. The van der Waals surface area contributed by atoms with Crippen LogP contribution in [-0.2, 0) is 9.53 Å². The molecule has 0 spiro atoms. The normalized spacial score (nSPS) is 14.4. The SMILES string of the molecule is Nc1ccc(NC(=O)CCOCCC2CC2)c(Cl)c1. The Bertz CT molecular complexity index is 447. The number of benzene rings is 1. The maximum absolute atomic E-state index is 11.7. The van der Waals surface area contributed by atoms with E-state index < -0.39 is 0 Å². The first-order chi connectivity index (χ1) is 9.15. The molecule has 5 heteroatoms. The molecule has 0 radical (unpaired) electrons. The molecule has 3 N–H and O–H groups in total. The number of nitrogen functional groups attached to an aromatic ring is 1. The Morgan fingerprint density at radius 3 is 2.89 bits per heavy atom. The van der Waals surface area contributed by atoms with Gasteiger partial charge in [0.2, 0.25) is 5.91 Å². The van der Waals surface area contributed by atoms with Gasteiger partial charge in [-0.15, -0.1) is 0 Å². The van der Waals surface area contributed by atoms with Crippen LogP contribution in [0.4, 0.5) is 11.4 Å². The van der Waals surface area contributed by atoms with Crippen LogP contribution in [0.3, 0.4) is 0 Å². The number of carbonyl (C=O) groups is 1. The molecule has 0 saturated heterocycles. The number of hydrogen-bond acceptors (Lipinski definition) is 3. The van der Waals surface area contributed by atoms with E-state index in [0.717, 1.165) is 18.9 Å². The molecule has 4 nitrogen and oxygen atoms in total. The Kier molecular flexibility index (Phi) is 5.05. The zero-order chi connectivity index (χ0) is 13.7. The minimum absolute atomic E-state index is 0.0990. The van der Waals surface area contributed by atoms with Gasteiger partial charge in [0.1, 0.15) is 0 Å². The van der Waals surface area contributed by atoms with Gasteiger partial charge in [0.15, 0.2) is 0 Å². The topological polar surface area (TPSA) is 64.3 Å². The van der Waals surface area contributed by atoms with Gasteiger partial charge in [-0.25, -0.2) is 0 Å². The van der Waals surface area contributed by atoms with Crippen LogP contribution in [0.5, 0.6) is 0 Å². The van der Waals surface area contributed by atoms with E-state index in [9.17, 15) is 4.79 Å². The van der Waals surface area contributed by atoms with E-state index in [-0.39, 0.29) is 5.91 Å². The summed E-state index contributed by atoms with van der Waals surface area (Å²) in [5.74, 6) is 0.764. The van der Waals surface area contributed by atoms with E-state index in [0.29, 0.717) is 29.4 Å². The molecule has 1 aromatic rings. The third-order valence-electron chi connectivity index (χ3n) is 3.11. The highest BCUT2D eigenvalue weighted by Gasteiger charge is 2.20. The highest BCUT2D eigenvalue weighted by molar-refractivity contribution is 6.34. The third kappa shape index (κ3) is 5.09. The quantitative estimate of drug-likeness (QED) is 0.597. The molecule has 0 unspecified atom stereocenters. The second-order valence-corrected chi connectivity index (χ2v) is 5.29. The molecule has 1 aromatic carbocycles. The van der Waals surface area contributed by atoms with E-state index >= 15 is 0 Å². The summed E-state index contributed by atoms with van der Waals surface area (Å²) in [5.41, 5.74) is 6.74. The number of carbonyl (C=O) groups excluding carboxylic acids is 1. The van der Waals surface area contributed by atoms with Crippen molar-refractivity contribution in [2.24, 2.45) is 5.92 Å². The van der Waals surface area contributed by atoms with E-state index in [1.807, 2.05) is 0 Å². The maximum Gasteiger partial charge on any atom is 0.226 e. The summed E-state index contributed by atoms with van der Waals surface area (Å²) in [6, 6.07) is 5.01. The molecule has 0 aromatic heterocycles. The summed E-state index contributed by atoms with van der Waals surface area (Å²) in [4.78, 5) is 11.7. The van der Waals surface area contributed by atoms with Crippen LogP contribution >= 0.6 is 11.6 Å². The fraction of sp³-hybridized carbons (Fsp3) is 0.500. The fourth-order valence-corrected chi connectivity index (χ4v) is 2.01. The van der Waals surface area contributed by atoms with Crippen LogP contribution < -0.4 is 11.1 Å². The Hall–Kier alpha value is -1.26. The predicted molar refractivity (Wildman–Crippen MR) is 77.3 cm³/mol. The molecule has 104 valence electrons. The van der Waals surface area contributed by atoms with Crippen molar-refractivity contribution >= 4 is 28.9 Å². The zero-order valence-electron chi connectivity index (χ0n) is 10.8. The summed E-state index contributed by atoms with van der Waals surface area (Å²) in [5, 5.41) is 3.19. The van der Waals surface area contributed by atoms with Crippen molar-refractivity contribution in [2.75, 3.05) is 24.3 Å². The molecular formula is C14H19ClN2O2. The van der Waals surface area contributed by atoms with Gasteiger partial charge in [-0.05, 0) is 30.5 Å². The van der Waals surface area contributed by atoms with Gasteiger partial charge < -0.3 is 15.8 Å². The molecule has 2 rings (SSSR count). The summed E-state index contributed by atoms with van der Waals surface area (Å²) in [6.45, 7) is 1.20.